The maximum absolute atomic E-state index is 11.5. The van der Waals surface area contributed by atoms with Gasteiger partial charge < -0.3 is 14.8 Å². The van der Waals surface area contributed by atoms with Crippen LogP contribution in [-0.2, 0) is 19.1 Å². The minimum atomic E-state index is -0.145. The summed E-state index contributed by atoms with van der Waals surface area (Å²) in [6.45, 7) is 13.5. The highest BCUT2D eigenvalue weighted by Crippen LogP contribution is 2.69. The van der Waals surface area contributed by atoms with E-state index in [1.807, 2.05) is 0 Å². The molecule has 5 rings (SSSR count). The van der Waals surface area contributed by atoms with Crippen LogP contribution in [0, 0.1) is 40.4 Å². The molecule has 5 nitrogen and oxygen atoms in total. The molecule has 0 aromatic heterocycles. The van der Waals surface area contributed by atoms with E-state index in [0.29, 0.717) is 23.4 Å². The maximum Gasteiger partial charge on any atom is 0.302 e. The smallest absolute Gasteiger partial charge is 0.302 e. The van der Waals surface area contributed by atoms with E-state index in [0.717, 1.165) is 56.4 Å². The van der Waals surface area contributed by atoms with Crippen molar-refractivity contribution in [3.8, 4) is 0 Å². The number of rotatable bonds is 6. The first-order valence-electron chi connectivity index (χ1n) is 14.5. The van der Waals surface area contributed by atoms with E-state index in [-0.39, 0.29) is 23.4 Å². The van der Waals surface area contributed by atoms with Crippen molar-refractivity contribution in [2.45, 2.75) is 112 Å². The highest BCUT2D eigenvalue weighted by atomic mass is 16.5. The highest BCUT2D eigenvalue weighted by molar-refractivity contribution is 5.72. The number of hydrogen-bond acceptors (Lipinski definition) is 4. The number of amides is 1. The van der Waals surface area contributed by atoms with Gasteiger partial charge in [-0.1, -0.05) is 32.4 Å². The Morgan fingerprint density at radius 2 is 1.97 bits per heavy atom. The first kappa shape index (κ1) is 25.9. The molecule has 0 bridgehead atoms. The van der Waals surface area contributed by atoms with Crippen LogP contribution in [0.25, 0.3) is 0 Å². The fourth-order valence-electron chi connectivity index (χ4n) is 9.34. The number of carbonyl (C=O) groups is 2. The molecule has 9 atom stereocenters. The second-order valence-electron chi connectivity index (χ2n) is 13.3. The average Bonchev–Trinajstić information content (AvgIpc) is 3.29. The van der Waals surface area contributed by atoms with Gasteiger partial charge in [0.15, 0.2) is 0 Å². The Kier molecular flexibility index (Phi) is 6.83. The summed E-state index contributed by atoms with van der Waals surface area (Å²) >= 11 is 0. The van der Waals surface area contributed by atoms with Crippen LogP contribution in [0.1, 0.15) is 99.3 Å². The topological polar surface area (TPSA) is 64.6 Å². The third-order valence-corrected chi connectivity index (χ3v) is 11.2. The molecule has 0 unspecified atom stereocenters. The third kappa shape index (κ3) is 4.32. The van der Waals surface area contributed by atoms with Crippen LogP contribution in [0.5, 0.6) is 0 Å². The summed E-state index contributed by atoms with van der Waals surface area (Å²) in [7, 11) is 0. The number of fused-ring (bicyclic) bond motifs is 7. The van der Waals surface area contributed by atoms with Gasteiger partial charge in [0.1, 0.15) is 12.2 Å². The molecule has 5 aliphatic rings. The first-order chi connectivity index (χ1) is 17.0. The van der Waals surface area contributed by atoms with Crippen molar-refractivity contribution in [2.24, 2.45) is 40.4 Å². The summed E-state index contributed by atoms with van der Waals surface area (Å²) in [4.78, 5) is 22.8. The predicted octanol–water partition coefficient (Wildman–Crippen LogP) is 6.33. The van der Waals surface area contributed by atoms with Crippen LogP contribution < -0.4 is 5.32 Å². The zero-order valence-electron chi connectivity index (χ0n) is 23.3. The second kappa shape index (κ2) is 9.51. The molecule has 1 aliphatic heterocycles. The minimum absolute atomic E-state index is 0.0504. The molecule has 0 aromatic rings. The highest BCUT2D eigenvalue weighted by Gasteiger charge is 2.63. The number of nitrogens with one attached hydrogen (secondary N) is 1. The Bertz CT molecular complexity index is 968. The van der Waals surface area contributed by atoms with Crippen molar-refractivity contribution in [3.63, 3.8) is 0 Å². The Morgan fingerprint density at radius 1 is 1.19 bits per heavy atom. The van der Waals surface area contributed by atoms with Gasteiger partial charge in [0.25, 0.3) is 0 Å². The summed E-state index contributed by atoms with van der Waals surface area (Å²) in [6.07, 6.45) is 13.0. The van der Waals surface area contributed by atoms with Gasteiger partial charge in [-0.3, -0.25) is 9.59 Å². The van der Waals surface area contributed by atoms with Crippen molar-refractivity contribution in [1.82, 2.24) is 5.32 Å². The SMILES string of the molecule is CC(=O)NC[C@H](C)CCC1=C(C)[C@H]2[C@H](C[C@H]3[C@H]4CC=C5C[C@@H](OC(C)=O)CC[C@]5(C)[C@@H]4CC[C@@]32C)O1. The molecule has 0 aromatic carbocycles. The van der Waals surface area contributed by atoms with Gasteiger partial charge in [-0.2, -0.15) is 0 Å². The van der Waals surface area contributed by atoms with E-state index in [4.69, 9.17) is 9.47 Å². The van der Waals surface area contributed by atoms with E-state index in [2.05, 4.69) is 39.1 Å². The molecule has 4 aliphatic carbocycles. The van der Waals surface area contributed by atoms with E-state index in [9.17, 15) is 9.59 Å². The van der Waals surface area contributed by atoms with Crippen molar-refractivity contribution < 1.29 is 19.1 Å². The molecule has 3 fully saturated rings. The van der Waals surface area contributed by atoms with E-state index in [1.54, 1.807) is 12.5 Å². The lowest BCUT2D eigenvalue weighted by molar-refractivity contribution is -0.148. The van der Waals surface area contributed by atoms with Crippen molar-refractivity contribution in [3.05, 3.63) is 23.0 Å². The molecule has 1 amide bonds. The lowest BCUT2D eigenvalue weighted by Gasteiger charge is -2.58. The molecule has 200 valence electrons. The summed E-state index contributed by atoms with van der Waals surface area (Å²) in [5.41, 5.74) is 3.66. The quantitative estimate of drug-likeness (QED) is 0.344. The zero-order chi connectivity index (χ0) is 25.8. The Balaban J connectivity index is 1.29. The lowest BCUT2D eigenvalue weighted by Crippen LogP contribution is -2.50. The maximum atomic E-state index is 11.5. The fraction of sp³-hybridized carbons (Fsp3) is 0.806. The number of hydrogen-bond donors (Lipinski definition) is 1. The summed E-state index contributed by atoms with van der Waals surface area (Å²) in [5.74, 6) is 4.37. The minimum Gasteiger partial charge on any atom is -0.494 e. The van der Waals surface area contributed by atoms with Gasteiger partial charge in [-0.15, -0.1) is 0 Å². The predicted molar refractivity (Wildman–Crippen MR) is 141 cm³/mol. The van der Waals surface area contributed by atoms with Crippen LogP contribution >= 0.6 is 0 Å². The Hall–Kier alpha value is -1.78. The first-order valence-corrected chi connectivity index (χ1v) is 14.5. The van der Waals surface area contributed by atoms with Gasteiger partial charge in [0.05, 0.1) is 5.76 Å². The van der Waals surface area contributed by atoms with Gasteiger partial charge in [-0.25, -0.2) is 0 Å². The third-order valence-electron chi connectivity index (χ3n) is 11.2. The Labute approximate surface area is 217 Å². The van der Waals surface area contributed by atoms with Crippen LogP contribution in [0.3, 0.4) is 0 Å². The number of esters is 1. The summed E-state index contributed by atoms with van der Waals surface area (Å²) < 4.78 is 12.3. The molecule has 3 saturated carbocycles. The second-order valence-corrected chi connectivity index (χ2v) is 13.3. The molecule has 0 saturated heterocycles. The number of allylic oxidation sites excluding steroid dienone is 2. The molecule has 0 spiro atoms. The van der Waals surface area contributed by atoms with Crippen molar-refractivity contribution in [2.75, 3.05) is 6.54 Å². The fourth-order valence-corrected chi connectivity index (χ4v) is 9.34. The molecular formula is C31H47NO4. The molecular weight excluding hydrogens is 450 g/mol. The van der Waals surface area contributed by atoms with Crippen molar-refractivity contribution >= 4 is 11.9 Å². The largest absolute Gasteiger partial charge is 0.494 e. The van der Waals surface area contributed by atoms with Crippen LogP contribution in [0.2, 0.25) is 0 Å². The van der Waals surface area contributed by atoms with Gasteiger partial charge in [0, 0.05) is 39.2 Å². The molecule has 5 heteroatoms. The summed E-state index contributed by atoms with van der Waals surface area (Å²) in [5, 5.41) is 2.95. The average molecular weight is 498 g/mol. The summed E-state index contributed by atoms with van der Waals surface area (Å²) in [6, 6.07) is 0. The van der Waals surface area contributed by atoms with E-state index >= 15 is 0 Å². The van der Waals surface area contributed by atoms with E-state index < -0.39 is 0 Å². The normalized spacial score (nSPS) is 41.8. The van der Waals surface area contributed by atoms with E-state index in [1.165, 1.54) is 43.9 Å². The standard InChI is InChI=1S/C31H47NO4/c1-18(17-32-20(3)33)7-10-27-19(2)29-28(36-27)16-26-24-9-8-22-15-23(35-21(4)34)11-13-30(22,5)25(24)12-14-31(26,29)6/h8,18,23-26,28-29H,7,9-17H2,1-6H3,(H,32,33)/t18-,23+,24+,25-,26+,28+,29+,30+,31+/m1/s1. The molecule has 36 heavy (non-hydrogen) atoms. The lowest BCUT2D eigenvalue weighted by atomic mass is 9.47. The van der Waals surface area contributed by atoms with Gasteiger partial charge in [0.2, 0.25) is 5.91 Å². The van der Waals surface area contributed by atoms with Gasteiger partial charge >= 0.3 is 5.97 Å². The van der Waals surface area contributed by atoms with Crippen molar-refractivity contribution in [1.29, 1.82) is 0 Å². The Morgan fingerprint density at radius 3 is 2.69 bits per heavy atom. The van der Waals surface area contributed by atoms with Crippen LogP contribution in [0.15, 0.2) is 23.0 Å². The monoisotopic (exact) mass is 497 g/mol. The van der Waals surface area contributed by atoms with Crippen LogP contribution in [0.4, 0.5) is 0 Å². The zero-order valence-corrected chi connectivity index (χ0v) is 23.3. The number of carbonyl (C=O) groups excluding carboxylic acids is 2. The van der Waals surface area contributed by atoms with Gasteiger partial charge in [-0.05, 0) is 91.9 Å². The number of ether oxygens (including phenoxy) is 2. The van der Waals surface area contributed by atoms with Crippen LogP contribution in [-0.4, -0.2) is 30.6 Å². The molecule has 0 radical (unpaired) electrons. The molecule has 1 heterocycles. The molecule has 1 N–H and O–H groups in total.